The maximum absolute atomic E-state index is 15.5. The largest absolute Gasteiger partial charge is 0.494 e. The lowest BCUT2D eigenvalue weighted by Crippen LogP contribution is -2.76. The number of rotatable bonds is 10. The van der Waals surface area contributed by atoms with E-state index in [9.17, 15) is 65.9 Å². The zero-order chi connectivity index (χ0) is 31.4. The van der Waals surface area contributed by atoms with Crippen LogP contribution in [0.4, 0.5) is 74.6 Å². The van der Waals surface area contributed by atoms with Crippen LogP contribution in [-0.4, -0.2) is 54.2 Å². The van der Waals surface area contributed by atoms with Crippen molar-refractivity contribution in [2.45, 2.75) is 92.1 Å². The van der Waals surface area contributed by atoms with Gasteiger partial charge in [-0.05, 0) is 37.5 Å². The zero-order valence-electron chi connectivity index (χ0n) is 19.9. The fourth-order valence-electron chi connectivity index (χ4n) is 4.44. The number of halogens is 17. The molecule has 1 saturated carbocycles. The van der Waals surface area contributed by atoms with Gasteiger partial charge in [-0.3, -0.25) is 0 Å². The minimum Gasteiger partial charge on any atom is -0.494 e. The molecule has 1 aliphatic carbocycles. The van der Waals surface area contributed by atoms with E-state index in [1.807, 2.05) is 0 Å². The second-order valence-corrected chi connectivity index (χ2v) is 9.12. The zero-order valence-corrected chi connectivity index (χ0v) is 19.9. The molecule has 0 heterocycles. The Morgan fingerprint density at radius 1 is 0.550 bits per heavy atom. The maximum atomic E-state index is 15.5. The second kappa shape index (κ2) is 9.98. The standard InChI is InChI=1S/C22H19F17O/c1-2-40-13-8-6-12(7-9-13)14(10-4-3-5-11-14)15(23,24)16(25,26)17(27,28)18(29,30)19(31,32)20(33,34)21(35,36)22(37,38)39/h6-9H,2-5,10-11H2,1H3. The third-order valence-electron chi connectivity index (χ3n) is 6.75. The lowest BCUT2D eigenvalue weighted by Gasteiger charge is -2.49. The van der Waals surface area contributed by atoms with E-state index in [1.165, 1.54) is 6.92 Å². The van der Waals surface area contributed by atoms with Gasteiger partial charge in [0, 0.05) is 0 Å². The average Bonchev–Trinajstić information content (AvgIpc) is 2.83. The van der Waals surface area contributed by atoms with E-state index in [1.54, 1.807) is 0 Å². The second-order valence-electron chi connectivity index (χ2n) is 9.12. The molecule has 0 saturated heterocycles. The molecular formula is C22H19F17O. The summed E-state index contributed by atoms with van der Waals surface area (Å²) < 4.78 is 240. The number of hydrogen-bond acceptors (Lipinski definition) is 1. The SMILES string of the molecule is CCOc1ccc(C2(C(F)(F)C(F)(F)C(F)(F)C(F)(F)C(F)(F)C(F)(F)C(F)(F)C(F)(F)F)CCCCC2)cc1. The molecule has 2 rings (SSSR count). The molecule has 1 aliphatic rings. The van der Waals surface area contributed by atoms with Crippen LogP contribution in [-0.2, 0) is 5.41 Å². The lowest BCUT2D eigenvalue weighted by atomic mass is 9.62. The van der Waals surface area contributed by atoms with Crippen LogP contribution < -0.4 is 4.74 Å². The summed E-state index contributed by atoms with van der Waals surface area (Å²) in [5.74, 6) is -56.5. The highest BCUT2D eigenvalue weighted by molar-refractivity contribution is 5.37. The number of ether oxygens (including phenoxy) is 1. The maximum Gasteiger partial charge on any atom is 0.460 e. The summed E-state index contributed by atoms with van der Waals surface area (Å²) in [5.41, 5.74) is -4.42. The molecule has 0 spiro atoms. The van der Waals surface area contributed by atoms with E-state index in [0.717, 1.165) is 12.1 Å². The smallest absolute Gasteiger partial charge is 0.460 e. The highest BCUT2D eigenvalue weighted by atomic mass is 19.4. The summed E-state index contributed by atoms with van der Waals surface area (Å²) in [6, 6.07) is 3.10. The van der Waals surface area contributed by atoms with Crippen LogP contribution in [0.5, 0.6) is 5.75 Å². The van der Waals surface area contributed by atoms with Crippen molar-refractivity contribution >= 4 is 0 Å². The molecule has 0 N–H and O–H groups in total. The summed E-state index contributed by atoms with van der Waals surface area (Å²) >= 11 is 0. The predicted octanol–water partition coefficient (Wildman–Crippen LogP) is 9.30. The quantitative estimate of drug-likeness (QED) is 0.237. The van der Waals surface area contributed by atoms with E-state index in [4.69, 9.17) is 4.74 Å². The number of hydrogen-bond donors (Lipinski definition) is 0. The van der Waals surface area contributed by atoms with Crippen LogP contribution in [0, 0.1) is 0 Å². The molecule has 0 atom stereocenters. The van der Waals surface area contributed by atoms with Gasteiger partial charge in [-0.1, -0.05) is 31.4 Å². The minimum atomic E-state index is -8.64. The van der Waals surface area contributed by atoms with Crippen molar-refractivity contribution in [1.82, 2.24) is 0 Å². The van der Waals surface area contributed by atoms with Gasteiger partial charge in [-0.15, -0.1) is 0 Å². The van der Waals surface area contributed by atoms with E-state index >= 15 is 8.78 Å². The van der Waals surface area contributed by atoms with E-state index < -0.39 is 84.3 Å². The predicted molar refractivity (Wildman–Crippen MR) is 103 cm³/mol. The first-order chi connectivity index (χ1) is 17.7. The molecule has 0 radical (unpaired) electrons. The molecule has 0 bridgehead atoms. The highest BCUT2D eigenvalue weighted by Gasteiger charge is 2.96. The minimum absolute atomic E-state index is 0.00621. The van der Waals surface area contributed by atoms with Gasteiger partial charge in [0.1, 0.15) is 5.75 Å². The third kappa shape index (κ3) is 4.45. The van der Waals surface area contributed by atoms with Crippen LogP contribution >= 0.6 is 0 Å². The molecule has 1 aromatic rings. The molecule has 1 fully saturated rings. The summed E-state index contributed by atoms with van der Waals surface area (Å²) in [5, 5.41) is 0. The van der Waals surface area contributed by atoms with E-state index in [0.29, 0.717) is 12.1 Å². The van der Waals surface area contributed by atoms with Crippen molar-refractivity contribution in [2.75, 3.05) is 6.61 Å². The van der Waals surface area contributed by atoms with Crippen molar-refractivity contribution in [3.8, 4) is 5.75 Å². The van der Waals surface area contributed by atoms with E-state index in [-0.39, 0.29) is 18.8 Å². The average molecular weight is 622 g/mol. The Morgan fingerprint density at radius 2 is 0.925 bits per heavy atom. The van der Waals surface area contributed by atoms with Gasteiger partial charge in [-0.2, -0.15) is 74.6 Å². The summed E-state index contributed by atoms with van der Waals surface area (Å²) in [7, 11) is 0. The molecule has 1 nitrogen and oxygen atoms in total. The van der Waals surface area contributed by atoms with Gasteiger partial charge in [-0.25, -0.2) is 0 Å². The summed E-state index contributed by atoms with van der Waals surface area (Å²) in [6.07, 6.45) is -10.9. The molecule has 232 valence electrons. The first-order valence-electron chi connectivity index (χ1n) is 11.2. The summed E-state index contributed by atoms with van der Waals surface area (Å²) in [4.78, 5) is 0. The monoisotopic (exact) mass is 622 g/mol. The van der Waals surface area contributed by atoms with Crippen LogP contribution in [0.2, 0.25) is 0 Å². The van der Waals surface area contributed by atoms with Crippen LogP contribution in [0.3, 0.4) is 0 Å². The van der Waals surface area contributed by atoms with Gasteiger partial charge in [0.2, 0.25) is 0 Å². The molecule has 0 aromatic heterocycles. The highest BCUT2D eigenvalue weighted by Crippen LogP contribution is 2.67. The van der Waals surface area contributed by atoms with Crippen molar-refractivity contribution < 1.29 is 79.4 Å². The Bertz CT molecular complexity index is 1020. The number of alkyl halides is 17. The Kier molecular flexibility index (Phi) is 8.49. The van der Waals surface area contributed by atoms with Crippen LogP contribution in [0.25, 0.3) is 0 Å². The molecule has 0 unspecified atom stereocenters. The molecular weight excluding hydrogens is 603 g/mol. The van der Waals surface area contributed by atoms with Crippen molar-refractivity contribution in [3.63, 3.8) is 0 Å². The normalized spacial score (nSPS) is 18.6. The fourth-order valence-corrected chi connectivity index (χ4v) is 4.44. The first kappa shape index (κ1) is 34.0. The number of benzene rings is 1. The molecule has 40 heavy (non-hydrogen) atoms. The molecule has 0 aliphatic heterocycles. The van der Waals surface area contributed by atoms with Crippen LogP contribution in [0.15, 0.2) is 24.3 Å². The summed E-state index contributed by atoms with van der Waals surface area (Å²) in [6.45, 7) is 1.48. The van der Waals surface area contributed by atoms with E-state index in [2.05, 4.69) is 0 Å². The first-order valence-corrected chi connectivity index (χ1v) is 11.2. The topological polar surface area (TPSA) is 9.23 Å². The van der Waals surface area contributed by atoms with Gasteiger partial charge >= 0.3 is 47.6 Å². The van der Waals surface area contributed by atoms with Crippen molar-refractivity contribution in [1.29, 1.82) is 0 Å². The molecule has 18 heteroatoms. The van der Waals surface area contributed by atoms with Crippen LogP contribution in [0.1, 0.15) is 44.6 Å². The molecule has 0 amide bonds. The van der Waals surface area contributed by atoms with Gasteiger partial charge in [0.15, 0.2) is 0 Å². The van der Waals surface area contributed by atoms with Gasteiger partial charge < -0.3 is 4.74 Å². The van der Waals surface area contributed by atoms with Gasteiger partial charge in [0.05, 0.1) is 12.0 Å². The lowest BCUT2D eigenvalue weighted by molar-refractivity contribution is -0.464. The Hall–Kier alpha value is -2.17. The Balaban J connectivity index is 2.73. The third-order valence-corrected chi connectivity index (χ3v) is 6.75. The Labute approximate surface area is 214 Å². The molecule has 1 aromatic carbocycles. The van der Waals surface area contributed by atoms with Crippen molar-refractivity contribution in [2.24, 2.45) is 0 Å². The fraction of sp³-hybridized carbons (Fsp3) is 0.727. The Morgan fingerprint density at radius 3 is 1.30 bits per heavy atom. The van der Waals surface area contributed by atoms with Gasteiger partial charge in [0.25, 0.3) is 0 Å². The van der Waals surface area contributed by atoms with Crippen molar-refractivity contribution in [3.05, 3.63) is 29.8 Å².